The van der Waals surface area contributed by atoms with Crippen molar-refractivity contribution in [3.05, 3.63) is 0 Å². The van der Waals surface area contributed by atoms with Crippen LogP contribution in [0.15, 0.2) is 0 Å². The molecule has 0 aromatic carbocycles. The number of carboxylic acid groups (broad SMARTS) is 3. The van der Waals surface area contributed by atoms with Crippen LogP contribution in [-0.4, -0.2) is 53.0 Å². The van der Waals surface area contributed by atoms with E-state index in [1.165, 1.54) is 0 Å². The van der Waals surface area contributed by atoms with Crippen molar-refractivity contribution < 1.29 is 94.3 Å². The molecule has 16 heavy (non-hydrogen) atoms. The molecule has 0 fully saturated rings. The molecule has 3 N–H and O–H groups in total. The molecule has 0 rings (SSSR count). The van der Waals surface area contributed by atoms with Crippen molar-refractivity contribution in [1.29, 1.82) is 0 Å². The summed E-state index contributed by atoms with van der Waals surface area (Å²) < 4.78 is 0. The second-order valence-corrected chi connectivity index (χ2v) is 2.28. The average molecular weight is 253 g/mol. The molecular formula is C6H9NNa2O7. The van der Waals surface area contributed by atoms with E-state index in [-0.39, 0.29) is 64.6 Å². The molecule has 0 aliphatic heterocycles. The summed E-state index contributed by atoms with van der Waals surface area (Å²) in [7, 11) is 0. The molecule has 0 radical (unpaired) electrons. The van der Waals surface area contributed by atoms with Gasteiger partial charge in [0.05, 0.1) is 18.5 Å². The Morgan fingerprint density at radius 2 is 1.25 bits per heavy atom. The van der Waals surface area contributed by atoms with Gasteiger partial charge in [0.25, 0.3) is 0 Å². The van der Waals surface area contributed by atoms with Crippen LogP contribution in [0.3, 0.4) is 0 Å². The number of carbonyl (C=O) groups is 3. The van der Waals surface area contributed by atoms with E-state index < -0.39 is 37.5 Å². The van der Waals surface area contributed by atoms with E-state index in [9.17, 15) is 24.6 Å². The van der Waals surface area contributed by atoms with Crippen LogP contribution in [0.4, 0.5) is 0 Å². The first-order chi connectivity index (χ1) is 5.91. The van der Waals surface area contributed by atoms with Crippen LogP contribution < -0.4 is 69.3 Å². The third-order valence-corrected chi connectivity index (χ3v) is 1.06. The molecule has 10 heteroatoms. The summed E-state index contributed by atoms with van der Waals surface area (Å²) in [5, 5.41) is 28.3. The second-order valence-electron chi connectivity index (χ2n) is 2.28. The van der Waals surface area contributed by atoms with Crippen LogP contribution >= 0.6 is 0 Å². The molecule has 0 atom stereocenters. The monoisotopic (exact) mass is 253 g/mol. The molecular weight excluding hydrogens is 244 g/mol. The molecule has 0 aromatic heterocycles. The molecule has 0 saturated carbocycles. The van der Waals surface area contributed by atoms with Gasteiger partial charge >= 0.3 is 65.1 Å². The minimum atomic E-state index is -1.54. The first-order valence-corrected chi connectivity index (χ1v) is 3.25. The smallest absolute Gasteiger partial charge is 0.549 e. The standard InChI is InChI=1S/C6H9NO6.2Na.H2O/c8-4(9)1-7(2-5(10)11)3-6(12)13;;;/h1-3H2,(H,8,9)(H,10,11)(H,12,13);;;1H2/q;2*+1;/p-2. The van der Waals surface area contributed by atoms with Crippen LogP contribution in [0.25, 0.3) is 0 Å². The summed E-state index contributed by atoms with van der Waals surface area (Å²) in [6, 6.07) is 0. The Balaban J connectivity index is -0.000000240. The fraction of sp³-hybridized carbons (Fsp3) is 0.500. The van der Waals surface area contributed by atoms with Crippen molar-refractivity contribution in [3.8, 4) is 0 Å². The Bertz CT molecular complexity index is 197. The van der Waals surface area contributed by atoms with E-state index in [2.05, 4.69) is 0 Å². The van der Waals surface area contributed by atoms with Gasteiger partial charge in [-0.1, -0.05) is 0 Å². The van der Waals surface area contributed by atoms with E-state index in [4.69, 9.17) is 5.11 Å². The van der Waals surface area contributed by atoms with Crippen LogP contribution in [0, 0.1) is 0 Å². The Morgan fingerprint density at radius 1 is 0.938 bits per heavy atom. The zero-order valence-corrected chi connectivity index (χ0v) is 13.1. The van der Waals surface area contributed by atoms with E-state index in [0.717, 1.165) is 0 Å². The van der Waals surface area contributed by atoms with Crippen LogP contribution in [0.1, 0.15) is 0 Å². The third-order valence-electron chi connectivity index (χ3n) is 1.06. The number of nitrogens with zero attached hydrogens (tertiary/aromatic N) is 1. The number of hydrogen-bond donors (Lipinski definition) is 1. The summed E-state index contributed by atoms with van der Waals surface area (Å²) in [5.74, 6) is -4.40. The SMILES string of the molecule is O.O=C([O-])CN(CC(=O)[O-])CC(=O)O.[Na+].[Na+]. The van der Waals surface area contributed by atoms with E-state index >= 15 is 0 Å². The fourth-order valence-electron chi connectivity index (χ4n) is 0.724. The molecule has 0 heterocycles. The van der Waals surface area contributed by atoms with Crippen molar-refractivity contribution in [3.63, 3.8) is 0 Å². The minimum Gasteiger partial charge on any atom is -0.549 e. The molecule has 0 aliphatic rings. The number of aliphatic carboxylic acids is 3. The summed E-state index contributed by atoms with van der Waals surface area (Å²) in [5.41, 5.74) is 0. The van der Waals surface area contributed by atoms with Crippen LogP contribution in [0.2, 0.25) is 0 Å². The van der Waals surface area contributed by atoms with Gasteiger partial charge < -0.3 is 30.4 Å². The summed E-state index contributed by atoms with van der Waals surface area (Å²) in [6.07, 6.45) is 0. The van der Waals surface area contributed by atoms with Gasteiger partial charge in [-0.05, 0) is 0 Å². The van der Waals surface area contributed by atoms with Gasteiger partial charge in [0, 0.05) is 13.1 Å². The van der Waals surface area contributed by atoms with Gasteiger partial charge in [-0.3, -0.25) is 9.69 Å². The van der Waals surface area contributed by atoms with Crippen molar-refractivity contribution in [2.45, 2.75) is 0 Å². The maximum Gasteiger partial charge on any atom is 1.00 e. The maximum absolute atomic E-state index is 10.1. The second kappa shape index (κ2) is 13.4. The normalized spacial score (nSPS) is 8.06. The predicted molar refractivity (Wildman–Crippen MR) is 37.7 cm³/mol. The zero-order valence-electron chi connectivity index (χ0n) is 9.06. The quantitative estimate of drug-likeness (QED) is 0.461. The molecule has 8 nitrogen and oxygen atoms in total. The van der Waals surface area contributed by atoms with E-state index in [1.807, 2.05) is 0 Å². The Morgan fingerprint density at radius 3 is 1.44 bits per heavy atom. The largest absolute Gasteiger partial charge is 1.00 e. The molecule has 0 bridgehead atoms. The van der Waals surface area contributed by atoms with E-state index in [0.29, 0.717) is 4.90 Å². The molecule has 0 saturated heterocycles. The first kappa shape index (κ1) is 25.2. The Kier molecular flexibility index (Phi) is 21.1. The molecule has 0 unspecified atom stereocenters. The number of carboxylic acids is 3. The number of carbonyl (C=O) groups excluding carboxylic acids is 2. The van der Waals surface area contributed by atoms with Crippen molar-refractivity contribution in [2.75, 3.05) is 19.6 Å². The third kappa shape index (κ3) is 16.7. The summed E-state index contributed by atoms with van der Waals surface area (Å²) >= 11 is 0. The van der Waals surface area contributed by atoms with Gasteiger partial charge in [-0.15, -0.1) is 0 Å². The van der Waals surface area contributed by atoms with Gasteiger partial charge in [-0.2, -0.15) is 0 Å². The van der Waals surface area contributed by atoms with Crippen molar-refractivity contribution >= 4 is 17.9 Å². The van der Waals surface area contributed by atoms with Gasteiger partial charge in [-0.25, -0.2) is 0 Å². The van der Waals surface area contributed by atoms with Crippen molar-refractivity contribution in [2.24, 2.45) is 0 Å². The zero-order chi connectivity index (χ0) is 10.4. The minimum absolute atomic E-state index is 0. The molecule has 0 aromatic rings. The maximum atomic E-state index is 10.1. The average Bonchev–Trinajstić information content (AvgIpc) is 1.80. The Hall–Kier alpha value is 0.330. The summed E-state index contributed by atoms with van der Waals surface area (Å²) in [6.45, 7) is -2.18. The molecule has 0 aliphatic carbocycles. The van der Waals surface area contributed by atoms with Gasteiger partial charge in [0.15, 0.2) is 0 Å². The molecule has 0 amide bonds. The Labute approximate surface area is 135 Å². The summed E-state index contributed by atoms with van der Waals surface area (Å²) in [4.78, 5) is 30.8. The van der Waals surface area contributed by atoms with Crippen LogP contribution in [-0.2, 0) is 14.4 Å². The number of rotatable bonds is 6. The predicted octanol–water partition coefficient (Wildman–Crippen LogP) is -10.9. The molecule has 82 valence electrons. The first-order valence-electron chi connectivity index (χ1n) is 3.25. The number of hydrogen-bond acceptors (Lipinski definition) is 6. The topological polar surface area (TPSA) is 152 Å². The molecule has 0 spiro atoms. The van der Waals surface area contributed by atoms with Gasteiger partial charge in [0.1, 0.15) is 0 Å². The van der Waals surface area contributed by atoms with E-state index in [1.54, 1.807) is 0 Å². The van der Waals surface area contributed by atoms with Crippen molar-refractivity contribution in [1.82, 2.24) is 4.90 Å². The van der Waals surface area contributed by atoms with Gasteiger partial charge in [0.2, 0.25) is 0 Å². The van der Waals surface area contributed by atoms with Crippen LogP contribution in [0.5, 0.6) is 0 Å². The fourth-order valence-corrected chi connectivity index (χ4v) is 0.724.